The first-order valence-electron chi connectivity index (χ1n) is 8.65. The van der Waals surface area contributed by atoms with Gasteiger partial charge in [-0.05, 0) is 32.6 Å². The lowest BCUT2D eigenvalue weighted by Gasteiger charge is -2.55. The average Bonchev–Trinajstić information content (AvgIpc) is 2.55. The van der Waals surface area contributed by atoms with Gasteiger partial charge in [0.2, 0.25) is 0 Å². The fourth-order valence-corrected chi connectivity index (χ4v) is 4.81. The summed E-state index contributed by atoms with van der Waals surface area (Å²) in [5, 5.41) is 0. The fraction of sp³-hybridized carbons (Fsp3) is 0.824. The normalized spacial score (nSPS) is 37.0. The highest BCUT2D eigenvalue weighted by Crippen LogP contribution is 2.44. The van der Waals surface area contributed by atoms with Crippen LogP contribution in [0.15, 0.2) is 0 Å². The molecule has 5 atom stereocenters. The van der Waals surface area contributed by atoms with Gasteiger partial charge in [-0.2, -0.15) is 0 Å². The topological polar surface area (TPSA) is 72.9 Å². The van der Waals surface area contributed by atoms with E-state index in [1.165, 1.54) is 7.11 Å². The molecule has 0 aromatic heterocycles. The van der Waals surface area contributed by atoms with Gasteiger partial charge in [0.05, 0.1) is 13.7 Å². The second kappa shape index (κ2) is 6.59. The molecule has 6 heteroatoms. The molecule has 0 radical (unpaired) electrons. The third-order valence-corrected chi connectivity index (χ3v) is 5.64. The number of piperidine rings is 3. The molecule has 0 aliphatic carbocycles. The van der Waals surface area contributed by atoms with Crippen LogP contribution in [0, 0.1) is 11.8 Å². The van der Waals surface area contributed by atoms with E-state index in [0.717, 1.165) is 38.5 Å². The molecule has 0 bridgehead atoms. The minimum Gasteiger partial charge on any atom is -0.468 e. The van der Waals surface area contributed by atoms with Crippen molar-refractivity contribution in [2.45, 2.75) is 63.6 Å². The number of esters is 2. The van der Waals surface area contributed by atoms with Gasteiger partial charge < -0.3 is 9.47 Å². The molecule has 0 N–H and O–H groups in total. The number of methoxy groups -OCH3 is 1. The molecule has 0 amide bonds. The third-order valence-electron chi connectivity index (χ3n) is 5.64. The smallest absolute Gasteiger partial charge is 0.318 e. The van der Waals surface area contributed by atoms with E-state index in [0.29, 0.717) is 6.04 Å². The molecule has 3 rings (SSSR count). The second-order valence-corrected chi connectivity index (χ2v) is 6.73. The lowest BCUT2D eigenvalue weighted by molar-refractivity contribution is -0.174. The van der Waals surface area contributed by atoms with Crippen molar-refractivity contribution in [3.8, 4) is 0 Å². The summed E-state index contributed by atoms with van der Waals surface area (Å²) in [5.41, 5.74) is 0. The molecule has 3 aliphatic heterocycles. The molecule has 0 aromatic carbocycles. The van der Waals surface area contributed by atoms with Crippen LogP contribution < -0.4 is 0 Å². The van der Waals surface area contributed by atoms with E-state index in [1.807, 2.05) is 0 Å². The van der Waals surface area contributed by atoms with Crippen LogP contribution in [0.5, 0.6) is 0 Å². The largest absolute Gasteiger partial charge is 0.468 e. The van der Waals surface area contributed by atoms with Crippen molar-refractivity contribution in [2.75, 3.05) is 13.7 Å². The van der Waals surface area contributed by atoms with Crippen molar-refractivity contribution < 1.29 is 23.9 Å². The first-order valence-corrected chi connectivity index (χ1v) is 8.65. The van der Waals surface area contributed by atoms with Gasteiger partial charge in [-0.1, -0.05) is 12.8 Å². The van der Waals surface area contributed by atoms with E-state index in [4.69, 9.17) is 9.47 Å². The predicted molar refractivity (Wildman–Crippen MR) is 81.5 cm³/mol. The second-order valence-electron chi connectivity index (χ2n) is 6.73. The van der Waals surface area contributed by atoms with Gasteiger partial charge in [0.25, 0.3) is 0 Å². The maximum Gasteiger partial charge on any atom is 0.318 e. The van der Waals surface area contributed by atoms with Gasteiger partial charge in [0.15, 0.2) is 5.78 Å². The fourth-order valence-electron chi connectivity index (χ4n) is 4.81. The molecule has 3 aliphatic rings. The van der Waals surface area contributed by atoms with Gasteiger partial charge in [-0.25, -0.2) is 0 Å². The molecule has 3 heterocycles. The van der Waals surface area contributed by atoms with E-state index >= 15 is 0 Å². The Bertz CT molecular complexity index is 503. The van der Waals surface area contributed by atoms with Gasteiger partial charge in [-0.3, -0.25) is 19.3 Å². The standard InChI is InChI=1S/C17H25NO5/c1-3-23-17(21)14-12-9-5-7-10-6-4-8-11(18(10)12)13(15(14)19)16(20)22-2/h10-14H,3-9H2,1-2H3/t10-,11+,12-,13+,14+/m1/s1. The van der Waals surface area contributed by atoms with E-state index in [9.17, 15) is 14.4 Å². The monoisotopic (exact) mass is 323 g/mol. The Morgan fingerprint density at radius 1 is 1.04 bits per heavy atom. The van der Waals surface area contributed by atoms with Crippen LogP contribution in [-0.2, 0) is 23.9 Å². The van der Waals surface area contributed by atoms with Crippen LogP contribution in [-0.4, -0.2) is 54.5 Å². The predicted octanol–water partition coefficient (Wildman–Crippen LogP) is 1.31. The molecule has 23 heavy (non-hydrogen) atoms. The van der Waals surface area contributed by atoms with Crippen molar-refractivity contribution in [1.82, 2.24) is 4.90 Å². The first-order chi connectivity index (χ1) is 11.1. The number of ether oxygens (including phenoxy) is 2. The molecule has 0 aromatic rings. The summed E-state index contributed by atoms with van der Waals surface area (Å²) in [6, 6.07) is 0.126. The zero-order valence-electron chi connectivity index (χ0n) is 13.8. The van der Waals surface area contributed by atoms with Crippen LogP contribution in [0.2, 0.25) is 0 Å². The Labute approximate surface area is 136 Å². The quantitative estimate of drug-likeness (QED) is 0.576. The Morgan fingerprint density at radius 3 is 2.13 bits per heavy atom. The lowest BCUT2D eigenvalue weighted by Crippen LogP contribution is -2.68. The Balaban J connectivity index is 1.98. The molecule has 6 nitrogen and oxygen atoms in total. The van der Waals surface area contributed by atoms with Gasteiger partial charge >= 0.3 is 11.9 Å². The summed E-state index contributed by atoms with van der Waals surface area (Å²) < 4.78 is 10.0. The van der Waals surface area contributed by atoms with Crippen LogP contribution in [0.3, 0.4) is 0 Å². The van der Waals surface area contributed by atoms with E-state index in [1.54, 1.807) is 6.92 Å². The lowest BCUT2D eigenvalue weighted by atomic mass is 9.69. The maximum atomic E-state index is 13.0. The van der Waals surface area contributed by atoms with Crippen LogP contribution in [0.4, 0.5) is 0 Å². The highest BCUT2D eigenvalue weighted by molar-refractivity contribution is 6.10. The van der Waals surface area contributed by atoms with Crippen molar-refractivity contribution in [2.24, 2.45) is 11.8 Å². The highest BCUT2D eigenvalue weighted by Gasteiger charge is 2.57. The van der Waals surface area contributed by atoms with Gasteiger partial charge in [0.1, 0.15) is 11.8 Å². The summed E-state index contributed by atoms with van der Waals surface area (Å²) in [4.78, 5) is 39.9. The van der Waals surface area contributed by atoms with E-state index < -0.39 is 23.8 Å². The number of hydrogen-bond donors (Lipinski definition) is 0. The summed E-state index contributed by atoms with van der Waals surface area (Å²) >= 11 is 0. The molecule has 3 saturated heterocycles. The van der Waals surface area contributed by atoms with Crippen molar-refractivity contribution in [1.29, 1.82) is 0 Å². The summed E-state index contributed by atoms with van der Waals surface area (Å²) in [7, 11) is 1.30. The Morgan fingerprint density at radius 2 is 1.61 bits per heavy atom. The molecule has 3 fully saturated rings. The Hall–Kier alpha value is -1.43. The molecular weight excluding hydrogens is 298 g/mol. The van der Waals surface area contributed by atoms with E-state index in [-0.39, 0.29) is 24.5 Å². The number of carbonyl (C=O) groups excluding carboxylic acids is 3. The number of ketones is 1. The number of Topliss-reactive ketones (excluding diaryl/α,β-unsaturated/α-hetero) is 1. The van der Waals surface area contributed by atoms with E-state index in [2.05, 4.69) is 4.90 Å². The summed E-state index contributed by atoms with van der Waals surface area (Å²) in [6.07, 6.45) is 5.81. The van der Waals surface area contributed by atoms with Crippen molar-refractivity contribution in [3.63, 3.8) is 0 Å². The maximum absolute atomic E-state index is 13.0. The third kappa shape index (κ3) is 2.67. The molecule has 0 spiro atoms. The number of hydrogen-bond acceptors (Lipinski definition) is 6. The summed E-state index contributed by atoms with van der Waals surface area (Å²) in [6.45, 7) is 1.97. The summed E-state index contributed by atoms with van der Waals surface area (Å²) in [5.74, 6) is -3.01. The van der Waals surface area contributed by atoms with Gasteiger partial charge in [0, 0.05) is 18.1 Å². The first kappa shape index (κ1) is 16.4. The SMILES string of the molecule is CCOC(=O)[C@@H]1C(=O)[C@@H](C(=O)OC)[C@@H]2CCC[C@@H]3CCC[C@H]1N32. The molecule has 0 saturated carbocycles. The number of nitrogens with zero attached hydrogens (tertiary/aromatic N) is 1. The van der Waals surface area contributed by atoms with Crippen LogP contribution in [0.25, 0.3) is 0 Å². The molecule has 128 valence electrons. The zero-order chi connectivity index (χ0) is 16.6. The highest BCUT2D eigenvalue weighted by atomic mass is 16.5. The van der Waals surface area contributed by atoms with Gasteiger partial charge in [-0.15, -0.1) is 0 Å². The van der Waals surface area contributed by atoms with Crippen molar-refractivity contribution >= 4 is 17.7 Å². The molecular formula is C17H25NO5. The minimum atomic E-state index is -0.855. The Kier molecular flexibility index (Phi) is 4.71. The average molecular weight is 323 g/mol. The van der Waals surface area contributed by atoms with Crippen LogP contribution >= 0.6 is 0 Å². The number of rotatable bonds is 3. The molecule has 0 unspecified atom stereocenters. The zero-order valence-corrected chi connectivity index (χ0v) is 13.8. The van der Waals surface area contributed by atoms with Crippen LogP contribution in [0.1, 0.15) is 45.4 Å². The minimum absolute atomic E-state index is 0.119. The van der Waals surface area contributed by atoms with Crippen molar-refractivity contribution in [3.05, 3.63) is 0 Å². The number of carbonyl (C=O) groups is 3.